The van der Waals surface area contributed by atoms with Gasteiger partial charge in [0.2, 0.25) is 0 Å². The Morgan fingerprint density at radius 2 is 2.00 bits per heavy atom. The SMILES string of the molecule is CCNC(C)c1c(OC)cccc1N1CC(C)OC(C)C1. The molecule has 1 aliphatic heterocycles. The van der Waals surface area contributed by atoms with Crippen molar-refractivity contribution in [3.05, 3.63) is 23.8 Å². The van der Waals surface area contributed by atoms with Crippen molar-refractivity contribution in [1.29, 1.82) is 0 Å². The Morgan fingerprint density at radius 3 is 2.57 bits per heavy atom. The van der Waals surface area contributed by atoms with Crippen molar-refractivity contribution < 1.29 is 9.47 Å². The molecule has 3 unspecified atom stereocenters. The summed E-state index contributed by atoms with van der Waals surface area (Å²) in [5, 5.41) is 3.50. The molecule has 118 valence electrons. The maximum Gasteiger partial charge on any atom is 0.125 e. The highest BCUT2D eigenvalue weighted by atomic mass is 16.5. The van der Waals surface area contributed by atoms with Gasteiger partial charge < -0.3 is 19.7 Å². The molecule has 1 fully saturated rings. The van der Waals surface area contributed by atoms with Crippen molar-refractivity contribution in [2.45, 2.75) is 45.9 Å². The normalized spacial score (nSPS) is 24.0. The smallest absolute Gasteiger partial charge is 0.125 e. The van der Waals surface area contributed by atoms with Crippen LogP contribution in [0.4, 0.5) is 5.69 Å². The van der Waals surface area contributed by atoms with E-state index in [0.717, 1.165) is 25.4 Å². The number of nitrogens with one attached hydrogen (secondary N) is 1. The van der Waals surface area contributed by atoms with Crippen molar-refractivity contribution in [3.8, 4) is 5.75 Å². The fraction of sp³-hybridized carbons (Fsp3) is 0.647. The Bertz CT molecular complexity index is 454. The van der Waals surface area contributed by atoms with E-state index in [0.29, 0.717) is 0 Å². The molecule has 0 saturated carbocycles. The second-order valence-electron chi connectivity index (χ2n) is 5.83. The van der Waals surface area contributed by atoms with E-state index in [4.69, 9.17) is 9.47 Å². The second kappa shape index (κ2) is 7.14. The molecule has 0 amide bonds. The van der Waals surface area contributed by atoms with Gasteiger partial charge >= 0.3 is 0 Å². The van der Waals surface area contributed by atoms with E-state index in [1.807, 2.05) is 6.07 Å². The molecular weight excluding hydrogens is 264 g/mol. The van der Waals surface area contributed by atoms with Crippen LogP contribution in [0, 0.1) is 0 Å². The molecule has 4 nitrogen and oxygen atoms in total. The van der Waals surface area contributed by atoms with Gasteiger partial charge in [0.1, 0.15) is 5.75 Å². The monoisotopic (exact) mass is 292 g/mol. The Balaban J connectivity index is 2.37. The summed E-state index contributed by atoms with van der Waals surface area (Å²) >= 11 is 0. The fourth-order valence-electron chi connectivity index (χ4n) is 3.20. The van der Waals surface area contributed by atoms with Crippen molar-refractivity contribution in [2.75, 3.05) is 31.6 Å². The first kappa shape index (κ1) is 16.1. The third-order valence-corrected chi connectivity index (χ3v) is 3.97. The first-order chi connectivity index (χ1) is 10.1. The van der Waals surface area contributed by atoms with Gasteiger partial charge in [-0.1, -0.05) is 13.0 Å². The highest BCUT2D eigenvalue weighted by Crippen LogP contribution is 2.35. The molecule has 0 spiro atoms. The largest absolute Gasteiger partial charge is 0.496 e. The van der Waals surface area contributed by atoms with Crippen LogP contribution in [0.15, 0.2) is 18.2 Å². The maximum atomic E-state index is 5.85. The van der Waals surface area contributed by atoms with Gasteiger partial charge in [0.25, 0.3) is 0 Å². The molecule has 1 aromatic carbocycles. The zero-order chi connectivity index (χ0) is 15.4. The molecule has 4 heteroatoms. The number of nitrogens with zero attached hydrogens (tertiary/aromatic N) is 1. The summed E-state index contributed by atoms with van der Waals surface area (Å²) in [7, 11) is 1.74. The third kappa shape index (κ3) is 3.69. The summed E-state index contributed by atoms with van der Waals surface area (Å²) in [5.74, 6) is 0.952. The topological polar surface area (TPSA) is 33.7 Å². The Morgan fingerprint density at radius 1 is 1.33 bits per heavy atom. The minimum Gasteiger partial charge on any atom is -0.496 e. The predicted octanol–water partition coefficient (Wildman–Crippen LogP) is 2.98. The van der Waals surface area contributed by atoms with E-state index in [2.05, 4.69) is 50.0 Å². The molecule has 1 saturated heterocycles. The number of benzene rings is 1. The van der Waals surface area contributed by atoms with E-state index in [1.54, 1.807) is 7.11 Å². The van der Waals surface area contributed by atoms with Crippen molar-refractivity contribution in [3.63, 3.8) is 0 Å². The summed E-state index contributed by atoms with van der Waals surface area (Å²) < 4.78 is 11.5. The van der Waals surface area contributed by atoms with E-state index in [-0.39, 0.29) is 18.2 Å². The molecule has 3 atom stereocenters. The van der Waals surface area contributed by atoms with Crippen molar-refractivity contribution >= 4 is 5.69 Å². The minimum absolute atomic E-state index is 0.252. The van der Waals surface area contributed by atoms with Crippen LogP contribution in [0.5, 0.6) is 5.75 Å². The van der Waals surface area contributed by atoms with Gasteiger partial charge in [0, 0.05) is 30.4 Å². The lowest BCUT2D eigenvalue weighted by Gasteiger charge is -2.38. The van der Waals surface area contributed by atoms with Crippen molar-refractivity contribution in [1.82, 2.24) is 5.32 Å². The van der Waals surface area contributed by atoms with Gasteiger partial charge in [-0.05, 0) is 39.4 Å². The summed E-state index contributed by atoms with van der Waals surface area (Å²) in [6.07, 6.45) is 0.504. The zero-order valence-corrected chi connectivity index (χ0v) is 13.8. The van der Waals surface area contributed by atoms with Crippen LogP contribution < -0.4 is 15.0 Å². The molecule has 2 rings (SSSR count). The highest BCUT2D eigenvalue weighted by Gasteiger charge is 2.26. The van der Waals surface area contributed by atoms with Gasteiger partial charge in [-0.2, -0.15) is 0 Å². The van der Waals surface area contributed by atoms with Crippen molar-refractivity contribution in [2.24, 2.45) is 0 Å². The number of ether oxygens (including phenoxy) is 2. The first-order valence-electron chi connectivity index (χ1n) is 7.87. The molecule has 1 aromatic rings. The lowest BCUT2D eigenvalue weighted by molar-refractivity contribution is -0.00530. The number of anilines is 1. The molecule has 0 radical (unpaired) electrons. The van der Waals surface area contributed by atoms with E-state index < -0.39 is 0 Å². The molecule has 1 aliphatic rings. The Labute approximate surface area is 128 Å². The van der Waals surface area contributed by atoms with E-state index in [9.17, 15) is 0 Å². The van der Waals surface area contributed by atoms with Crippen LogP contribution >= 0.6 is 0 Å². The molecule has 21 heavy (non-hydrogen) atoms. The number of morpholine rings is 1. The predicted molar refractivity (Wildman–Crippen MR) is 87.3 cm³/mol. The van der Waals surface area contributed by atoms with Gasteiger partial charge in [0.15, 0.2) is 0 Å². The van der Waals surface area contributed by atoms with Crippen LogP contribution in [-0.2, 0) is 4.74 Å². The summed E-state index contributed by atoms with van der Waals surface area (Å²) in [4.78, 5) is 2.42. The minimum atomic E-state index is 0.252. The van der Waals surface area contributed by atoms with Crippen LogP contribution in [0.2, 0.25) is 0 Å². The Kier molecular flexibility index (Phi) is 5.48. The third-order valence-electron chi connectivity index (χ3n) is 3.97. The van der Waals surface area contributed by atoms with E-state index in [1.165, 1.54) is 11.3 Å². The van der Waals surface area contributed by atoms with Crippen LogP contribution in [0.3, 0.4) is 0 Å². The van der Waals surface area contributed by atoms with Gasteiger partial charge in [-0.15, -0.1) is 0 Å². The maximum absolute atomic E-state index is 5.85. The fourth-order valence-corrected chi connectivity index (χ4v) is 3.20. The molecule has 0 aromatic heterocycles. The Hall–Kier alpha value is -1.26. The summed E-state index contributed by atoms with van der Waals surface area (Å²) in [6, 6.07) is 6.56. The first-order valence-corrected chi connectivity index (χ1v) is 7.87. The molecule has 0 bridgehead atoms. The quantitative estimate of drug-likeness (QED) is 0.904. The number of methoxy groups -OCH3 is 1. The number of hydrogen-bond acceptors (Lipinski definition) is 4. The summed E-state index contributed by atoms with van der Waals surface area (Å²) in [6.45, 7) is 11.4. The second-order valence-corrected chi connectivity index (χ2v) is 5.83. The highest BCUT2D eigenvalue weighted by molar-refractivity contribution is 5.61. The average molecular weight is 292 g/mol. The van der Waals surface area contributed by atoms with Gasteiger partial charge in [-0.3, -0.25) is 0 Å². The van der Waals surface area contributed by atoms with Gasteiger partial charge in [0.05, 0.1) is 19.3 Å². The van der Waals surface area contributed by atoms with Crippen LogP contribution in [0.1, 0.15) is 39.3 Å². The standard InChI is InChI=1S/C17H28N2O2/c1-6-18-14(4)17-15(8-7-9-16(17)20-5)19-10-12(2)21-13(3)11-19/h7-9,12-14,18H,6,10-11H2,1-5H3. The summed E-state index contributed by atoms with van der Waals surface area (Å²) in [5.41, 5.74) is 2.49. The van der Waals surface area contributed by atoms with E-state index >= 15 is 0 Å². The van der Waals surface area contributed by atoms with Crippen LogP contribution in [0.25, 0.3) is 0 Å². The molecule has 1 heterocycles. The number of hydrogen-bond donors (Lipinski definition) is 1. The molecule has 1 N–H and O–H groups in total. The molecular formula is C17H28N2O2. The average Bonchev–Trinajstić information content (AvgIpc) is 2.45. The lowest BCUT2D eigenvalue weighted by Crippen LogP contribution is -2.46. The van der Waals surface area contributed by atoms with Gasteiger partial charge in [-0.25, -0.2) is 0 Å². The zero-order valence-electron chi connectivity index (χ0n) is 13.8. The molecule has 0 aliphatic carbocycles. The lowest BCUT2D eigenvalue weighted by atomic mass is 10.0. The van der Waals surface area contributed by atoms with Crippen LogP contribution in [-0.4, -0.2) is 39.0 Å². The number of rotatable bonds is 5.